The minimum atomic E-state index is 0.0777. The SMILES string of the molecule is COc1ccc(C2CCCN2C(=O)c2ccc(C)c(C)c2)cc1OC. The van der Waals surface area contributed by atoms with Crippen LogP contribution in [0.3, 0.4) is 0 Å². The van der Waals surface area contributed by atoms with Crippen molar-refractivity contribution < 1.29 is 14.3 Å². The van der Waals surface area contributed by atoms with Crippen LogP contribution in [0, 0.1) is 13.8 Å². The zero-order valence-electron chi connectivity index (χ0n) is 15.3. The van der Waals surface area contributed by atoms with Crippen LogP contribution in [0.4, 0.5) is 0 Å². The first-order valence-corrected chi connectivity index (χ1v) is 8.65. The number of aryl methyl sites for hydroxylation is 2. The summed E-state index contributed by atoms with van der Waals surface area (Å²) in [6, 6.07) is 11.9. The maximum atomic E-state index is 13.0. The van der Waals surface area contributed by atoms with Crippen LogP contribution in [0.2, 0.25) is 0 Å². The summed E-state index contributed by atoms with van der Waals surface area (Å²) in [5, 5.41) is 0. The van der Waals surface area contributed by atoms with Crippen molar-refractivity contribution in [1.82, 2.24) is 4.90 Å². The van der Waals surface area contributed by atoms with Crippen LogP contribution >= 0.6 is 0 Å². The number of carbonyl (C=O) groups excluding carboxylic acids is 1. The molecular formula is C21H25NO3. The molecule has 1 aliphatic rings. The van der Waals surface area contributed by atoms with Crippen molar-refractivity contribution in [3.05, 3.63) is 58.7 Å². The Bertz CT molecular complexity index is 785. The van der Waals surface area contributed by atoms with Crippen LogP contribution in [0.5, 0.6) is 11.5 Å². The lowest BCUT2D eigenvalue weighted by Gasteiger charge is -2.26. The van der Waals surface area contributed by atoms with Crippen molar-refractivity contribution >= 4 is 5.91 Å². The van der Waals surface area contributed by atoms with E-state index >= 15 is 0 Å². The summed E-state index contributed by atoms with van der Waals surface area (Å²) in [4.78, 5) is 15.0. The number of nitrogens with zero attached hydrogens (tertiary/aromatic N) is 1. The zero-order valence-corrected chi connectivity index (χ0v) is 15.3. The average Bonchev–Trinajstić information content (AvgIpc) is 3.12. The molecule has 1 saturated heterocycles. The predicted octanol–water partition coefficient (Wildman–Crippen LogP) is 4.30. The third-order valence-electron chi connectivity index (χ3n) is 5.06. The van der Waals surface area contributed by atoms with E-state index in [0.717, 1.165) is 36.1 Å². The van der Waals surface area contributed by atoms with Gasteiger partial charge in [0.25, 0.3) is 5.91 Å². The number of carbonyl (C=O) groups is 1. The molecule has 0 bridgehead atoms. The summed E-state index contributed by atoms with van der Waals surface area (Å²) in [5.41, 5.74) is 4.20. The van der Waals surface area contributed by atoms with Gasteiger partial charge in [-0.05, 0) is 67.6 Å². The van der Waals surface area contributed by atoms with Gasteiger partial charge in [0, 0.05) is 12.1 Å². The second kappa shape index (κ2) is 7.18. The Morgan fingerprint density at radius 1 is 1.00 bits per heavy atom. The van der Waals surface area contributed by atoms with Crippen LogP contribution in [0.25, 0.3) is 0 Å². The maximum Gasteiger partial charge on any atom is 0.254 e. The van der Waals surface area contributed by atoms with E-state index < -0.39 is 0 Å². The first-order chi connectivity index (χ1) is 12.0. The molecule has 3 rings (SSSR count). The topological polar surface area (TPSA) is 38.8 Å². The molecule has 0 saturated carbocycles. The molecule has 0 radical (unpaired) electrons. The molecule has 1 amide bonds. The van der Waals surface area contributed by atoms with Crippen LogP contribution in [-0.4, -0.2) is 31.6 Å². The summed E-state index contributed by atoms with van der Waals surface area (Å²) in [6.07, 6.45) is 1.97. The van der Waals surface area contributed by atoms with Crippen LogP contribution in [0.15, 0.2) is 36.4 Å². The fraction of sp³-hybridized carbons (Fsp3) is 0.381. The number of benzene rings is 2. The number of ether oxygens (including phenoxy) is 2. The van der Waals surface area contributed by atoms with E-state index in [0.29, 0.717) is 11.5 Å². The lowest BCUT2D eigenvalue weighted by atomic mass is 10.0. The highest BCUT2D eigenvalue weighted by Gasteiger charge is 2.31. The van der Waals surface area contributed by atoms with Crippen molar-refractivity contribution in [1.29, 1.82) is 0 Å². The van der Waals surface area contributed by atoms with E-state index in [2.05, 4.69) is 6.92 Å². The highest BCUT2D eigenvalue weighted by atomic mass is 16.5. The zero-order chi connectivity index (χ0) is 18.0. The van der Waals surface area contributed by atoms with E-state index in [-0.39, 0.29) is 11.9 Å². The Balaban J connectivity index is 1.89. The van der Waals surface area contributed by atoms with Gasteiger partial charge in [-0.3, -0.25) is 4.79 Å². The fourth-order valence-corrected chi connectivity index (χ4v) is 3.46. The molecule has 4 nitrogen and oxygen atoms in total. The Labute approximate surface area is 149 Å². The Kier molecular flexibility index (Phi) is 4.98. The van der Waals surface area contributed by atoms with E-state index in [9.17, 15) is 4.79 Å². The summed E-state index contributed by atoms with van der Waals surface area (Å²) in [7, 11) is 3.26. The first-order valence-electron chi connectivity index (χ1n) is 8.65. The van der Waals surface area contributed by atoms with E-state index in [1.54, 1.807) is 14.2 Å². The van der Waals surface area contributed by atoms with Gasteiger partial charge >= 0.3 is 0 Å². The van der Waals surface area contributed by atoms with Crippen molar-refractivity contribution in [3.63, 3.8) is 0 Å². The Hall–Kier alpha value is -2.49. The minimum absolute atomic E-state index is 0.0777. The van der Waals surface area contributed by atoms with Crippen LogP contribution in [-0.2, 0) is 0 Å². The fourth-order valence-electron chi connectivity index (χ4n) is 3.46. The molecule has 1 unspecified atom stereocenters. The monoisotopic (exact) mass is 339 g/mol. The van der Waals surface area contributed by atoms with E-state index in [1.165, 1.54) is 5.56 Å². The average molecular weight is 339 g/mol. The lowest BCUT2D eigenvalue weighted by molar-refractivity contribution is 0.0735. The number of likely N-dealkylation sites (tertiary alicyclic amines) is 1. The van der Waals surface area contributed by atoms with Crippen LogP contribution in [0.1, 0.15) is 45.9 Å². The van der Waals surface area contributed by atoms with Gasteiger partial charge in [-0.15, -0.1) is 0 Å². The minimum Gasteiger partial charge on any atom is -0.493 e. The molecule has 2 aromatic rings. The van der Waals surface area contributed by atoms with Gasteiger partial charge in [0.15, 0.2) is 11.5 Å². The molecule has 1 aliphatic heterocycles. The molecule has 0 aromatic heterocycles. The smallest absolute Gasteiger partial charge is 0.254 e. The van der Waals surface area contributed by atoms with Gasteiger partial charge in [0.05, 0.1) is 20.3 Å². The van der Waals surface area contributed by atoms with Gasteiger partial charge < -0.3 is 14.4 Å². The van der Waals surface area contributed by atoms with Crippen molar-refractivity contribution in [2.24, 2.45) is 0 Å². The highest BCUT2D eigenvalue weighted by Crippen LogP contribution is 2.37. The van der Waals surface area contributed by atoms with Gasteiger partial charge in [-0.2, -0.15) is 0 Å². The quantitative estimate of drug-likeness (QED) is 0.834. The predicted molar refractivity (Wildman–Crippen MR) is 98.5 cm³/mol. The van der Waals surface area contributed by atoms with E-state index in [1.807, 2.05) is 48.2 Å². The largest absolute Gasteiger partial charge is 0.493 e. The summed E-state index contributed by atoms with van der Waals surface area (Å²) >= 11 is 0. The van der Waals surface area contributed by atoms with Gasteiger partial charge in [-0.1, -0.05) is 12.1 Å². The molecule has 1 atom stereocenters. The summed E-state index contributed by atoms with van der Waals surface area (Å²) in [5.74, 6) is 1.50. The van der Waals surface area contributed by atoms with Crippen LogP contribution < -0.4 is 9.47 Å². The third-order valence-corrected chi connectivity index (χ3v) is 5.06. The summed E-state index contributed by atoms with van der Waals surface area (Å²) < 4.78 is 10.7. The summed E-state index contributed by atoms with van der Waals surface area (Å²) in [6.45, 7) is 4.89. The number of methoxy groups -OCH3 is 2. The lowest BCUT2D eigenvalue weighted by Crippen LogP contribution is -2.30. The molecule has 0 aliphatic carbocycles. The second-order valence-corrected chi connectivity index (χ2v) is 6.57. The molecule has 132 valence electrons. The number of amides is 1. The number of hydrogen-bond acceptors (Lipinski definition) is 3. The molecule has 2 aromatic carbocycles. The number of hydrogen-bond donors (Lipinski definition) is 0. The molecule has 25 heavy (non-hydrogen) atoms. The molecule has 1 fully saturated rings. The molecule has 0 N–H and O–H groups in total. The number of rotatable bonds is 4. The molecule has 0 spiro atoms. The Morgan fingerprint density at radius 2 is 1.76 bits per heavy atom. The van der Waals surface area contributed by atoms with Crippen molar-refractivity contribution in [2.45, 2.75) is 32.7 Å². The second-order valence-electron chi connectivity index (χ2n) is 6.57. The van der Waals surface area contributed by atoms with E-state index in [4.69, 9.17) is 9.47 Å². The normalized spacial score (nSPS) is 16.8. The van der Waals surface area contributed by atoms with Crippen molar-refractivity contribution in [3.8, 4) is 11.5 Å². The third kappa shape index (κ3) is 3.34. The Morgan fingerprint density at radius 3 is 2.44 bits per heavy atom. The van der Waals surface area contributed by atoms with Crippen molar-refractivity contribution in [2.75, 3.05) is 20.8 Å². The molecule has 1 heterocycles. The van der Waals surface area contributed by atoms with Gasteiger partial charge in [0.1, 0.15) is 0 Å². The molecule has 4 heteroatoms. The first kappa shape index (κ1) is 17.3. The van der Waals surface area contributed by atoms with Gasteiger partial charge in [-0.25, -0.2) is 0 Å². The highest BCUT2D eigenvalue weighted by molar-refractivity contribution is 5.95. The van der Waals surface area contributed by atoms with Gasteiger partial charge in [0.2, 0.25) is 0 Å². The molecular weight excluding hydrogens is 314 g/mol. The maximum absolute atomic E-state index is 13.0. The standard InChI is InChI=1S/C21H25NO3/c1-14-7-8-17(12-15(14)2)21(23)22-11-5-6-18(22)16-9-10-19(24-3)20(13-16)25-4/h7-10,12-13,18H,5-6,11H2,1-4H3.